The van der Waals surface area contributed by atoms with E-state index in [9.17, 15) is 5.11 Å². The fraction of sp³-hybridized carbons (Fsp3) is 1.00. The van der Waals surface area contributed by atoms with Crippen LogP contribution < -0.4 is 0 Å². The second-order valence-corrected chi connectivity index (χ2v) is 5.36. The zero-order chi connectivity index (χ0) is 10.1. The molecule has 1 N–H and O–H groups in total. The summed E-state index contributed by atoms with van der Waals surface area (Å²) in [6.07, 6.45) is 5.00. The van der Waals surface area contributed by atoms with Gasteiger partial charge in [-0.3, -0.25) is 4.90 Å². The third kappa shape index (κ3) is 2.12. The monoisotopic (exact) mass is 197 g/mol. The number of hydrogen-bond acceptors (Lipinski definition) is 2. The van der Waals surface area contributed by atoms with Crippen molar-refractivity contribution in [1.82, 2.24) is 4.90 Å². The minimum atomic E-state index is -0.0512. The summed E-state index contributed by atoms with van der Waals surface area (Å²) >= 11 is 0. The van der Waals surface area contributed by atoms with Gasteiger partial charge in [0.15, 0.2) is 0 Å². The van der Waals surface area contributed by atoms with E-state index in [0.717, 1.165) is 37.4 Å². The number of likely N-dealkylation sites (tertiary alicyclic amines) is 1. The van der Waals surface area contributed by atoms with Gasteiger partial charge in [0.1, 0.15) is 0 Å². The molecule has 2 aliphatic rings. The highest BCUT2D eigenvalue weighted by Gasteiger charge is 2.32. The molecule has 0 aromatic carbocycles. The van der Waals surface area contributed by atoms with Crippen molar-refractivity contribution in [3.63, 3.8) is 0 Å². The number of hydrogen-bond donors (Lipinski definition) is 1. The third-order valence-electron chi connectivity index (χ3n) is 4.28. The highest BCUT2D eigenvalue weighted by Crippen LogP contribution is 2.33. The molecule has 0 aromatic rings. The average molecular weight is 197 g/mol. The first kappa shape index (κ1) is 10.4. The molecule has 2 rings (SSSR count). The van der Waals surface area contributed by atoms with E-state index >= 15 is 0 Å². The second-order valence-electron chi connectivity index (χ2n) is 5.36. The van der Waals surface area contributed by atoms with Crippen LogP contribution in [0.4, 0.5) is 0 Å². The Hall–Kier alpha value is -0.0800. The smallest absolute Gasteiger partial charge is 0.0679 e. The largest absolute Gasteiger partial charge is 0.392 e. The molecule has 3 unspecified atom stereocenters. The number of aliphatic hydroxyl groups is 1. The van der Waals surface area contributed by atoms with Crippen molar-refractivity contribution in [3.8, 4) is 0 Å². The predicted octanol–water partition coefficient (Wildman–Crippen LogP) is 1.88. The molecule has 0 aromatic heterocycles. The van der Waals surface area contributed by atoms with E-state index in [-0.39, 0.29) is 6.10 Å². The fourth-order valence-corrected chi connectivity index (χ4v) is 2.95. The summed E-state index contributed by atoms with van der Waals surface area (Å²) in [5, 5.41) is 9.51. The van der Waals surface area contributed by atoms with Gasteiger partial charge in [-0.05, 0) is 37.5 Å². The lowest BCUT2D eigenvalue weighted by molar-refractivity contribution is 0.110. The standard InChI is InChI=1S/C12H23NO/c1-9-3-4-11(7-10(9)2)13-6-5-12(14)8-13/h9-12,14H,3-8H2,1-2H3/t9?,10?,11?,12-/m0/s1. The van der Waals surface area contributed by atoms with Crippen LogP contribution in [0.25, 0.3) is 0 Å². The Morgan fingerprint density at radius 3 is 2.43 bits per heavy atom. The average Bonchev–Trinajstić information content (AvgIpc) is 2.57. The summed E-state index contributed by atoms with van der Waals surface area (Å²) in [7, 11) is 0. The Labute approximate surface area is 87.3 Å². The fourth-order valence-electron chi connectivity index (χ4n) is 2.95. The van der Waals surface area contributed by atoms with E-state index in [2.05, 4.69) is 18.7 Å². The van der Waals surface area contributed by atoms with Crippen molar-refractivity contribution in [2.24, 2.45) is 11.8 Å². The van der Waals surface area contributed by atoms with Gasteiger partial charge in [-0.15, -0.1) is 0 Å². The maximum atomic E-state index is 9.51. The molecule has 1 aliphatic heterocycles. The molecule has 0 radical (unpaired) electrons. The molecule has 0 amide bonds. The van der Waals surface area contributed by atoms with E-state index in [1.165, 1.54) is 19.3 Å². The van der Waals surface area contributed by atoms with Crippen LogP contribution in [-0.2, 0) is 0 Å². The molecule has 1 heterocycles. The quantitative estimate of drug-likeness (QED) is 0.694. The van der Waals surface area contributed by atoms with Gasteiger partial charge in [-0.1, -0.05) is 13.8 Å². The molecule has 0 spiro atoms. The van der Waals surface area contributed by atoms with Crippen LogP contribution in [0.15, 0.2) is 0 Å². The van der Waals surface area contributed by atoms with Crippen LogP contribution in [-0.4, -0.2) is 35.2 Å². The zero-order valence-corrected chi connectivity index (χ0v) is 9.45. The Morgan fingerprint density at radius 2 is 1.86 bits per heavy atom. The van der Waals surface area contributed by atoms with E-state index < -0.39 is 0 Å². The maximum Gasteiger partial charge on any atom is 0.0679 e. The molecule has 1 aliphatic carbocycles. The first-order chi connectivity index (χ1) is 6.66. The minimum absolute atomic E-state index is 0.0512. The van der Waals surface area contributed by atoms with Gasteiger partial charge < -0.3 is 5.11 Å². The second kappa shape index (κ2) is 4.19. The van der Waals surface area contributed by atoms with Crippen molar-refractivity contribution in [1.29, 1.82) is 0 Å². The van der Waals surface area contributed by atoms with Crippen LogP contribution in [0.5, 0.6) is 0 Å². The molecule has 0 bridgehead atoms. The van der Waals surface area contributed by atoms with Crippen molar-refractivity contribution in [2.75, 3.05) is 13.1 Å². The molecule has 1 saturated carbocycles. The van der Waals surface area contributed by atoms with Crippen LogP contribution in [0.1, 0.15) is 39.5 Å². The predicted molar refractivity (Wildman–Crippen MR) is 58.2 cm³/mol. The molecule has 1 saturated heterocycles. The van der Waals surface area contributed by atoms with Gasteiger partial charge >= 0.3 is 0 Å². The van der Waals surface area contributed by atoms with Gasteiger partial charge in [0, 0.05) is 19.1 Å². The summed E-state index contributed by atoms with van der Waals surface area (Å²) in [6.45, 7) is 6.79. The van der Waals surface area contributed by atoms with Crippen molar-refractivity contribution >= 4 is 0 Å². The first-order valence-electron chi connectivity index (χ1n) is 6.09. The van der Waals surface area contributed by atoms with Gasteiger partial charge in [0.25, 0.3) is 0 Å². The van der Waals surface area contributed by atoms with E-state index in [4.69, 9.17) is 0 Å². The molecular formula is C12H23NO. The van der Waals surface area contributed by atoms with E-state index in [1.807, 2.05) is 0 Å². The number of β-amino-alcohol motifs (C(OH)–C–C–N with tert-alkyl or cyclic N) is 1. The Kier molecular flexibility index (Phi) is 3.13. The van der Waals surface area contributed by atoms with Crippen molar-refractivity contribution in [2.45, 2.75) is 51.7 Å². The van der Waals surface area contributed by atoms with Crippen LogP contribution in [0.3, 0.4) is 0 Å². The Morgan fingerprint density at radius 1 is 1.07 bits per heavy atom. The summed E-state index contributed by atoms with van der Waals surface area (Å²) < 4.78 is 0. The summed E-state index contributed by atoms with van der Waals surface area (Å²) in [6, 6.07) is 0.762. The molecule has 4 atom stereocenters. The third-order valence-corrected chi connectivity index (χ3v) is 4.28. The molecule has 14 heavy (non-hydrogen) atoms. The first-order valence-corrected chi connectivity index (χ1v) is 6.09. The number of rotatable bonds is 1. The zero-order valence-electron chi connectivity index (χ0n) is 9.45. The summed E-state index contributed by atoms with van der Waals surface area (Å²) in [5.74, 6) is 1.77. The molecule has 2 nitrogen and oxygen atoms in total. The van der Waals surface area contributed by atoms with Gasteiger partial charge in [-0.25, -0.2) is 0 Å². The SMILES string of the molecule is CC1CCC(N2CC[C@H](O)C2)CC1C. The summed E-state index contributed by atoms with van der Waals surface area (Å²) in [5.41, 5.74) is 0. The van der Waals surface area contributed by atoms with Gasteiger partial charge in [0.05, 0.1) is 6.10 Å². The highest BCUT2D eigenvalue weighted by molar-refractivity contribution is 4.86. The minimum Gasteiger partial charge on any atom is -0.392 e. The van der Waals surface area contributed by atoms with Gasteiger partial charge in [-0.2, -0.15) is 0 Å². The highest BCUT2D eigenvalue weighted by atomic mass is 16.3. The Balaban J connectivity index is 1.87. The number of nitrogens with zero attached hydrogens (tertiary/aromatic N) is 1. The lowest BCUT2D eigenvalue weighted by Crippen LogP contribution is -2.39. The molecule has 2 fully saturated rings. The molecular weight excluding hydrogens is 174 g/mol. The van der Waals surface area contributed by atoms with Crippen LogP contribution in [0, 0.1) is 11.8 Å². The van der Waals surface area contributed by atoms with Crippen molar-refractivity contribution < 1.29 is 5.11 Å². The van der Waals surface area contributed by atoms with Crippen LogP contribution in [0.2, 0.25) is 0 Å². The van der Waals surface area contributed by atoms with E-state index in [0.29, 0.717) is 0 Å². The van der Waals surface area contributed by atoms with Crippen LogP contribution >= 0.6 is 0 Å². The maximum absolute atomic E-state index is 9.51. The molecule has 2 heteroatoms. The topological polar surface area (TPSA) is 23.5 Å². The lowest BCUT2D eigenvalue weighted by Gasteiger charge is -2.37. The number of aliphatic hydroxyl groups excluding tert-OH is 1. The molecule has 82 valence electrons. The van der Waals surface area contributed by atoms with Crippen molar-refractivity contribution in [3.05, 3.63) is 0 Å². The Bertz CT molecular complexity index is 195. The summed E-state index contributed by atoms with van der Waals surface area (Å²) in [4.78, 5) is 2.51. The van der Waals surface area contributed by atoms with E-state index in [1.54, 1.807) is 0 Å². The normalized spacial score (nSPS) is 45.6. The van der Waals surface area contributed by atoms with Gasteiger partial charge in [0.2, 0.25) is 0 Å². The lowest BCUT2D eigenvalue weighted by atomic mass is 9.78.